The quantitative estimate of drug-likeness (QED) is 0.338. The number of hydrogen-bond acceptors (Lipinski definition) is 6. The summed E-state index contributed by atoms with van der Waals surface area (Å²) in [5, 5.41) is 16.8. The minimum absolute atomic E-state index is 0.0207. The van der Waals surface area contributed by atoms with Crippen LogP contribution in [0.3, 0.4) is 0 Å². The summed E-state index contributed by atoms with van der Waals surface area (Å²) in [6.45, 7) is 0.275. The number of nitrogens with zero attached hydrogens (tertiary/aromatic N) is 2. The fourth-order valence-electron chi connectivity index (χ4n) is 3.01. The van der Waals surface area contributed by atoms with E-state index in [1.807, 2.05) is 36.4 Å². The summed E-state index contributed by atoms with van der Waals surface area (Å²) in [7, 11) is 0. The smallest absolute Gasteiger partial charge is 0.292 e. The lowest BCUT2D eigenvalue weighted by Gasteiger charge is -2.08. The number of amides is 1. The highest BCUT2D eigenvalue weighted by atomic mass is 16.6. The van der Waals surface area contributed by atoms with Gasteiger partial charge in [-0.1, -0.05) is 24.3 Å². The molecule has 1 aromatic heterocycles. The van der Waals surface area contributed by atoms with E-state index < -0.39 is 4.92 Å². The first-order valence-electron chi connectivity index (χ1n) is 9.33. The van der Waals surface area contributed by atoms with Crippen molar-refractivity contribution in [2.24, 2.45) is 0 Å². The predicted molar refractivity (Wildman–Crippen MR) is 114 cm³/mol. The number of para-hydroxylation sites is 4. The van der Waals surface area contributed by atoms with Gasteiger partial charge in [0.05, 0.1) is 4.92 Å². The molecule has 2 N–H and O–H groups in total. The normalized spacial score (nSPS) is 10.7. The van der Waals surface area contributed by atoms with Crippen molar-refractivity contribution < 1.29 is 14.1 Å². The van der Waals surface area contributed by atoms with E-state index >= 15 is 0 Å². The van der Waals surface area contributed by atoms with Gasteiger partial charge in [-0.05, 0) is 42.5 Å². The number of nitro groups is 1. The number of rotatable bonds is 7. The number of nitro benzene ring substituents is 1. The topological polar surface area (TPSA) is 110 Å². The molecule has 0 bridgehead atoms. The van der Waals surface area contributed by atoms with E-state index in [9.17, 15) is 14.9 Å². The first-order chi connectivity index (χ1) is 14.6. The summed E-state index contributed by atoms with van der Waals surface area (Å²) in [4.78, 5) is 27.2. The highest BCUT2D eigenvalue weighted by Crippen LogP contribution is 2.25. The molecule has 0 unspecified atom stereocenters. The number of aromatic nitrogens is 1. The molecule has 1 amide bonds. The van der Waals surface area contributed by atoms with Crippen LogP contribution in [0.5, 0.6) is 0 Å². The van der Waals surface area contributed by atoms with Crippen molar-refractivity contribution >= 4 is 34.1 Å². The third kappa shape index (κ3) is 4.27. The number of benzene rings is 3. The van der Waals surface area contributed by atoms with Crippen molar-refractivity contribution in [3.63, 3.8) is 0 Å². The summed E-state index contributed by atoms with van der Waals surface area (Å²) in [5.74, 6) is 0.318. The van der Waals surface area contributed by atoms with Crippen LogP contribution in [-0.4, -0.2) is 22.4 Å². The second kappa shape index (κ2) is 8.44. The molecule has 150 valence electrons. The number of nitrogens with one attached hydrogen (secondary N) is 2. The molecule has 0 fully saturated rings. The SMILES string of the molecule is O=C(CCNc1ccccc1[N+](=O)[O-])Nc1ccc(-c2nc3ccccc3o2)cc1. The summed E-state index contributed by atoms with van der Waals surface area (Å²) >= 11 is 0. The molecule has 0 saturated carbocycles. The Bertz CT molecular complexity index is 1170. The van der Waals surface area contributed by atoms with Crippen LogP contribution >= 0.6 is 0 Å². The minimum Gasteiger partial charge on any atom is -0.436 e. The molecule has 0 saturated heterocycles. The van der Waals surface area contributed by atoms with Crippen LogP contribution in [0, 0.1) is 10.1 Å². The Morgan fingerprint density at radius 3 is 2.50 bits per heavy atom. The first kappa shape index (κ1) is 19.1. The van der Waals surface area contributed by atoms with Gasteiger partial charge in [0.1, 0.15) is 11.2 Å². The number of carbonyl (C=O) groups excluding carboxylic acids is 1. The molecule has 8 heteroatoms. The second-order valence-electron chi connectivity index (χ2n) is 6.56. The zero-order valence-electron chi connectivity index (χ0n) is 15.9. The maximum atomic E-state index is 12.2. The lowest BCUT2D eigenvalue weighted by Crippen LogP contribution is -2.16. The van der Waals surface area contributed by atoms with Crippen molar-refractivity contribution in [2.75, 3.05) is 17.2 Å². The van der Waals surface area contributed by atoms with Crippen molar-refractivity contribution in [3.05, 3.63) is 82.9 Å². The van der Waals surface area contributed by atoms with Gasteiger partial charge < -0.3 is 15.1 Å². The largest absolute Gasteiger partial charge is 0.436 e. The van der Waals surface area contributed by atoms with Crippen LogP contribution in [0.4, 0.5) is 17.1 Å². The summed E-state index contributed by atoms with van der Waals surface area (Å²) in [5.41, 5.74) is 3.32. The molecular weight excluding hydrogens is 384 g/mol. The Hall–Kier alpha value is -4.20. The third-order valence-corrected chi connectivity index (χ3v) is 4.48. The molecule has 4 rings (SSSR count). The van der Waals surface area contributed by atoms with Crippen LogP contribution in [0.25, 0.3) is 22.6 Å². The molecule has 0 spiro atoms. The Balaban J connectivity index is 1.33. The first-order valence-corrected chi connectivity index (χ1v) is 9.33. The number of oxazole rings is 1. The molecule has 30 heavy (non-hydrogen) atoms. The van der Waals surface area contributed by atoms with E-state index in [2.05, 4.69) is 15.6 Å². The summed E-state index contributed by atoms with van der Waals surface area (Å²) < 4.78 is 5.74. The minimum atomic E-state index is -0.458. The van der Waals surface area contributed by atoms with Crippen LogP contribution in [0.2, 0.25) is 0 Å². The van der Waals surface area contributed by atoms with E-state index in [-0.39, 0.29) is 24.6 Å². The fraction of sp³-hybridized carbons (Fsp3) is 0.0909. The molecular formula is C22H18N4O4. The Morgan fingerprint density at radius 2 is 1.73 bits per heavy atom. The number of carbonyl (C=O) groups is 1. The van der Waals surface area contributed by atoms with Crippen molar-refractivity contribution in [2.45, 2.75) is 6.42 Å². The van der Waals surface area contributed by atoms with Crippen molar-refractivity contribution in [1.29, 1.82) is 0 Å². The van der Waals surface area contributed by atoms with Crippen molar-refractivity contribution in [3.8, 4) is 11.5 Å². The Kier molecular flexibility index (Phi) is 5.38. The van der Waals surface area contributed by atoms with Crippen LogP contribution < -0.4 is 10.6 Å². The lowest BCUT2D eigenvalue weighted by atomic mass is 10.2. The van der Waals surface area contributed by atoms with E-state index in [0.717, 1.165) is 16.7 Å². The van der Waals surface area contributed by atoms with E-state index in [1.165, 1.54) is 6.07 Å². The molecule has 0 atom stereocenters. The van der Waals surface area contributed by atoms with Gasteiger partial charge in [-0.2, -0.15) is 0 Å². The third-order valence-electron chi connectivity index (χ3n) is 4.48. The zero-order valence-corrected chi connectivity index (χ0v) is 15.9. The van der Waals surface area contributed by atoms with Gasteiger partial charge >= 0.3 is 0 Å². The molecule has 8 nitrogen and oxygen atoms in total. The second-order valence-corrected chi connectivity index (χ2v) is 6.56. The molecule has 0 aliphatic heterocycles. The molecule has 1 heterocycles. The van der Waals surface area contributed by atoms with E-state index in [0.29, 0.717) is 17.3 Å². The Labute approximate surface area is 171 Å². The molecule has 0 aliphatic rings. The molecule has 0 radical (unpaired) electrons. The van der Waals surface area contributed by atoms with E-state index in [4.69, 9.17) is 4.42 Å². The molecule has 3 aromatic carbocycles. The van der Waals surface area contributed by atoms with E-state index in [1.54, 1.807) is 30.3 Å². The van der Waals surface area contributed by atoms with Crippen LogP contribution in [-0.2, 0) is 4.79 Å². The van der Waals surface area contributed by atoms with Gasteiger partial charge in [-0.25, -0.2) is 4.98 Å². The van der Waals surface area contributed by atoms with Gasteiger partial charge in [0.25, 0.3) is 5.69 Å². The predicted octanol–water partition coefficient (Wildman–Crippen LogP) is 4.84. The number of anilines is 2. The number of hydrogen-bond donors (Lipinski definition) is 2. The maximum Gasteiger partial charge on any atom is 0.292 e. The zero-order chi connectivity index (χ0) is 20.9. The average Bonchev–Trinajstić information content (AvgIpc) is 3.19. The van der Waals surface area contributed by atoms with Gasteiger partial charge in [0.15, 0.2) is 5.58 Å². The number of fused-ring (bicyclic) bond motifs is 1. The van der Waals surface area contributed by atoms with Crippen molar-refractivity contribution in [1.82, 2.24) is 4.98 Å². The standard InChI is InChI=1S/C22H18N4O4/c27-21(13-14-23-17-5-1-3-7-19(17)26(28)29)24-16-11-9-15(10-12-16)22-25-18-6-2-4-8-20(18)30-22/h1-12,23H,13-14H2,(H,24,27). The maximum absolute atomic E-state index is 12.2. The highest BCUT2D eigenvalue weighted by Gasteiger charge is 2.12. The summed E-state index contributed by atoms with van der Waals surface area (Å²) in [6.07, 6.45) is 0.166. The van der Waals surface area contributed by atoms with Gasteiger partial charge in [-0.3, -0.25) is 14.9 Å². The molecule has 0 aliphatic carbocycles. The average molecular weight is 402 g/mol. The van der Waals surface area contributed by atoms with Gasteiger partial charge in [0.2, 0.25) is 11.8 Å². The highest BCUT2D eigenvalue weighted by molar-refractivity contribution is 5.91. The Morgan fingerprint density at radius 1 is 1.00 bits per heavy atom. The fourth-order valence-corrected chi connectivity index (χ4v) is 3.01. The van der Waals surface area contributed by atoms with Crippen LogP contribution in [0.15, 0.2) is 77.2 Å². The van der Waals surface area contributed by atoms with Gasteiger partial charge in [0, 0.05) is 30.3 Å². The van der Waals surface area contributed by atoms with Crippen LogP contribution in [0.1, 0.15) is 6.42 Å². The van der Waals surface area contributed by atoms with Gasteiger partial charge in [-0.15, -0.1) is 0 Å². The monoisotopic (exact) mass is 402 g/mol. The molecule has 4 aromatic rings. The summed E-state index contributed by atoms with van der Waals surface area (Å²) in [6, 6.07) is 21.1. The lowest BCUT2D eigenvalue weighted by molar-refractivity contribution is -0.384.